The Balaban J connectivity index is 2.40. The van der Waals surface area contributed by atoms with Gasteiger partial charge >= 0.3 is 5.97 Å². The quantitative estimate of drug-likeness (QED) is 0.319. The molecule has 86 valence electrons. The highest BCUT2D eigenvalue weighted by Gasteiger charge is 2.04. The van der Waals surface area contributed by atoms with Crippen LogP contribution in [0.2, 0.25) is 0 Å². The number of hydrogen-bond acceptors (Lipinski definition) is 4. The van der Waals surface area contributed by atoms with Crippen molar-refractivity contribution in [1.82, 2.24) is 0 Å². The minimum absolute atomic E-state index is 0.255. The van der Waals surface area contributed by atoms with E-state index < -0.39 is 0 Å². The van der Waals surface area contributed by atoms with Gasteiger partial charge in [0.1, 0.15) is 17.8 Å². The molecule has 0 aliphatic heterocycles. The molecule has 1 aromatic carbocycles. The van der Waals surface area contributed by atoms with Crippen molar-refractivity contribution in [2.75, 3.05) is 7.11 Å². The van der Waals surface area contributed by atoms with E-state index in [0.717, 1.165) is 6.29 Å². The largest absolute Gasteiger partial charge is 0.497 e. The number of ether oxygens (including phenoxy) is 2. The van der Waals surface area contributed by atoms with Crippen LogP contribution in [0, 0.1) is 0 Å². The third-order valence-corrected chi connectivity index (χ3v) is 1.99. The fraction of sp³-hybridized carbons (Fsp3) is 0.333. The van der Waals surface area contributed by atoms with E-state index in [1.165, 1.54) is 0 Å². The van der Waals surface area contributed by atoms with Crippen LogP contribution in [-0.4, -0.2) is 19.4 Å². The second-order valence-corrected chi connectivity index (χ2v) is 3.21. The fourth-order valence-corrected chi connectivity index (χ4v) is 1.16. The lowest BCUT2D eigenvalue weighted by atomic mass is 10.2. The van der Waals surface area contributed by atoms with Crippen molar-refractivity contribution in [2.45, 2.75) is 19.3 Å². The number of unbranched alkanes of at least 4 members (excludes halogenated alkanes) is 1. The minimum Gasteiger partial charge on any atom is -0.497 e. The number of esters is 1. The van der Waals surface area contributed by atoms with Crippen molar-refractivity contribution in [2.24, 2.45) is 0 Å². The summed E-state index contributed by atoms with van der Waals surface area (Å²) in [6, 6.07) is 6.76. The molecule has 16 heavy (non-hydrogen) atoms. The molecule has 0 aliphatic rings. The summed E-state index contributed by atoms with van der Waals surface area (Å²) in [5.41, 5.74) is 0. The maximum atomic E-state index is 11.3. The van der Waals surface area contributed by atoms with Crippen LogP contribution in [0.4, 0.5) is 0 Å². The van der Waals surface area contributed by atoms with Gasteiger partial charge in [0.05, 0.1) is 7.11 Å². The first kappa shape index (κ1) is 12.2. The van der Waals surface area contributed by atoms with Crippen molar-refractivity contribution >= 4 is 12.3 Å². The number of benzene rings is 1. The van der Waals surface area contributed by atoms with Crippen LogP contribution in [0.1, 0.15) is 19.3 Å². The number of carbonyl (C=O) groups is 2. The predicted octanol–water partition coefficient (Wildman–Crippen LogP) is 1.97. The van der Waals surface area contributed by atoms with E-state index in [9.17, 15) is 9.59 Å². The topological polar surface area (TPSA) is 52.6 Å². The van der Waals surface area contributed by atoms with E-state index >= 15 is 0 Å². The van der Waals surface area contributed by atoms with E-state index in [1.807, 2.05) is 0 Å². The van der Waals surface area contributed by atoms with Gasteiger partial charge in [-0.3, -0.25) is 4.79 Å². The molecule has 4 nitrogen and oxygen atoms in total. The fourth-order valence-electron chi connectivity index (χ4n) is 1.16. The van der Waals surface area contributed by atoms with Gasteiger partial charge in [-0.1, -0.05) is 0 Å². The number of rotatable bonds is 6. The summed E-state index contributed by atoms with van der Waals surface area (Å²) in [6.45, 7) is 0. The van der Waals surface area contributed by atoms with Gasteiger partial charge in [-0.25, -0.2) is 0 Å². The highest BCUT2D eigenvalue weighted by molar-refractivity contribution is 5.72. The van der Waals surface area contributed by atoms with Crippen molar-refractivity contribution in [3.8, 4) is 11.5 Å². The normalized spacial score (nSPS) is 9.56. The zero-order valence-corrected chi connectivity index (χ0v) is 9.14. The van der Waals surface area contributed by atoms with Gasteiger partial charge < -0.3 is 14.3 Å². The lowest BCUT2D eigenvalue weighted by Gasteiger charge is -2.04. The molecule has 0 saturated heterocycles. The molecule has 1 rings (SSSR count). The standard InChI is InChI=1S/C12H14O4/c1-15-10-5-7-11(8-6-10)16-12(14)4-2-3-9-13/h5-9H,2-4H2,1H3. The molecule has 0 spiro atoms. The van der Waals surface area contributed by atoms with Gasteiger partial charge in [0.2, 0.25) is 0 Å². The highest BCUT2D eigenvalue weighted by atomic mass is 16.5. The zero-order chi connectivity index (χ0) is 11.8. The van der Waals surface area contributed by atoms with Crippen LogP contribution in [-0.2, 0) is 9.59 Å². The minimum atomic E-state index is -0.327. The molecular weight excluding hydrogens is 208 g/mol. The van der Waals surface area contributed by atoms with Crippen molar-refractivity contribution in [3.05, 3.63) is 24.3 Å². The van der Waals surface area contributed by atoms with E-state index in [2.05, 4.69) is 0 Å². The molecule has 1 aromatic rings. The molecule has 0 atom stereocenters. The lowest BCUT2D eigenvalue weighted by molar-refractivity contribution is -0.134. The van der Waals surface area contributed by atoms with E-state index in [1.54, 1.807) is 31.4 Å². The SMILES string of the molecule is COc1ccc(OC(=O)CCCC=O)cc1. The summed E-state index contributed by atoms with van der Waals surface area (Å²) in [6.07, 6.45) is 1.96. The Bertz CT molecular complexity index is 343. The van der Waals surface area contributed by atoms with E-state index in [0.29, 0.717) is 24.3 Å². The third-order valence-electron chi connectivity index (χ3n) is 1.99. The second-order valence-electron chi connectivity index (χ2n) is 3.21. The van der Waals surface area contributed by atoms with E-state index in [-0.39, 0.29) is 12.4 Å². The van der Waals surface area contributed by atoms with Gasteiger partial charge in [-0.2, -0.15) is 0 Å². The molecule has 0 amide bonds. The summed E-state index contributed by atoms with van der Waals surface area (Å²) in [5.74, 6) is 0.865. The number of hydrogen-bond donors (Lipinski definition) is 0. The average Bonchev–Trinajstić information content (AvgIpc) is 2.30. The number of aldehydes is 1. The Morgan fingerprint density at radius 2 is 1.88 bits per heavy atom. The Morgan fingerprint density at radius 1 is 1.25 bits per heavy atom. The molecule has 0 aromatic heterocycles. The predicted molar refractivity (Wildman–Crippen MR) is 58.5 cm³/mol. The Kier molecular flexibility index (Phi) is 5.05. The summed E-state index contributed by atoms with van der Waals surface area (Å²) >= 11 is 0. The molecule has 4 heteroatoms. The molecule has 0 saturated carbocycles. The van der Waals surface area contributed by atoms with Crippen molar-refractivity contribution < 1.29 is 19.1 Å². The van der Waals surface area contributed by atoms with Crippen LogP contribution in [0.15, 0.2) is 24.3 Å². The van der Waals surface area contributed by atoms with Gasteiger partial charge in [-0.05, 0) is 30.7 Å². The molecule has 0 radical (unpaired) electrons. The Morgan fingerprint density at radius 3 is 2.44 bits per heavy atom. The monoisotopic (exact) mass is 222 g/mol. The third kappa shape index (κ3) is 4.13. The average molecular weight is 222 g/mol. The van der Waals surface area contributed by atoms with Gasteiger partial charge in [0, 0.05) is 12.8 Å². The van der Waals surface area contributed by atoms with Crippen molar-refractivity contribution in [3.63, 3.8) is 0 Å². The molecule has 0 bridgehead atoms. The van der Waals surface area contributed by atoms with Gasteiger partial charge in [0.25, 0.3) is 0 Å². The molecule has 0 N–H and O–H groups in total. The van der Waals surface area contributed by atoms with Gasteiger partial charge in [-0.15, -0.1) is 0 Å². The highest BCUT2D eigenvalue weighted by Crippen LogP contribution is 2.17. The Hall–Kier alpha value is -1.84. The van der Waals surface area contributed by atoms with Gasteiger partial charge in [0.15, 0.2) is 0 Å². The summed E-state index contributed by atoms with van der Waals surface area (Å²) in [5, 5.41) is 0. The summed E-state index contributed by atoms with van der Waals surface area (Å²) < 4.78 is 10.0. The summed E-state index contributed by atoms with van der Waals surface area (Å²) in [4.78, 5) is 21.3. The molecular formula is C12H14O4. The Labute approximate surface area is 94.2 Å². The second kappa shape index (κ2) is 6.61. The molecule has 0 unspecified atom stereocenters. The smallest absolute Gasteiger partial charge is 0.311 e. The van der Waals surface area contributed by atoms with Crippen LogP contribution in [0.3, 0.4) is 0 Å². The number of carbonyl (C=O) groups excluding carboxylic acids is 2. The summed E-state index contributed by atoms with van der Waals surface area (Å²) in [7, 11) is 1.57. The first-order chi connectivity index (χ1) is 7.76. The lowest BCUT2D eigenvalue weighted by Crippen LogP contribution is -2.07. The maximum Gasteiger partial charge on any atom is 0.311 e. The first-order valence-electron chi connectivity index (χ1n) is 5.04. The van der Waals surface area contributed by atoms with Crippen LogP contribution < -0.4 is 9.47 Å². The van der Waals surface area contributed by atoms with Crippen LogP contribution in [0.25, 0.3) is 0 Å². The maximum absolute atomic E-state index is 11.3. The molecule has 0 aliphatic carbocycles. The zero-order valence-electron chi connectivity index (χ0n) is 9.14. The number of methoxy groups -OCH3 is 1. The molecule has 0 fully saturated rings. The molecule has 0 heterocycles. The van der Waals surface area contributed by atoms with E-state index in [4.69, 9.17) is 9.47 Å². The van der Waals surface area contributed by atoms with Crippen LogP contribution >= 0.6 is 0 Å². The van der Waals surface area contributed by atoms with Crippen LogP contribution in [0.5, 0.6) is 11.5 Å². The van der Waals surface area contributed by atoms with Crippen molar-refractivity contribution in [1.29, 1.82) is 0 Å². The first-order valence-corrected chi connectivity index (χ1v) is 5.04.